The second kappa shape index (κ2) is 5.15. The van der Waals surface area contributed by atoms with Crippen molar-refractivity contribution < 1.29 is 14.0 Å². The summed E-state index contributed by atoms with van der Waals surface area (Å²) in [7, 11) is 0. The largest absolute Gasteiger partial charge is 0.366 e. The molecule has 1 aromatic carbocycles. The van der Waals surface area contributed by atoms with Crippen LogP contribution in [-0.4, -0.2) is 16.2 Å². The number of nitrogens with zero attached hydrogens (tertiary/aromatic N) is 1. The molecule has 1 aromatic heterocycles. The summed E-state index contributed by atoms with van der Waals surface area (Å²) in [6.07, 6.45) is 0. The number of carbonyl (C=O) groups excluding carboxylic acids is 2. The molecule has 2 amide bonds. The third-order valence-corrected chi connectivity index (χ3v) is 3.22. The van der Waals surface area contributed by atoms with E-state index in [1.165, 1.54) is 12.1 Å². The van der Waals surface area contributed by atoms with Gasteiger partial charge < -0.3 is 11.1 Å². The lowest BCUT2D eigenvalue weighted by Crippen LogP contribution is -2.15. The molecule has 1 heterocycles. The van der Waals surface area contributed by atoms with Gasteiger partial charge in [0.1, 0.15) is 5.82 Å². The van der Waals surface area contributed by atoms with Gasteiger partial charge in [0.25, 0.3) is 5.91 Å². The molecule has 0 saturated carbocycles. The van der Waals surface area contributed by atoms with Gasteiger partial charge in [-0.2, -0.15) is 4.37 Å². The summed E-state index contributed by atoms with van der Waals surface area (Å²) in [5, 5.41) is 4.00. The normalized spacial score (nSPS) is 10.2. The highest BCUT2D eigenvalue weighted by molar-refractivity contribution is 7.04. The fourth-order valence-electron chi connectivity index (χ4n) is 1.47. The molecule has 0 atom stereocenters. The van der Waals surface area contributed by atoms with Gasteiger partial charge in [-0.25, -0.2) is 4.39 Å². The minimum Gasteiger partial charge on any atom is -0.366 e. The predicted molar refractivity (Wildman–Crippen MR) is 69.7 cm³/mol. The highest BCUT2D eigenvalue weighted by atomic mass is 32.1. The minimum atomic E-state index is -0.727. The second-order valence-corrected chi connectivity index (χ2v) is 4.46. The molecule has 0 bridgehead atoms. The number of hydrogen-bond acceptors (Lipinski definition) is 4. The van der Waals surface area contributed by atoms with Crippen molar-refractivity contribution in [3.8, 4) is 0 Å². The third kappa shape index (κ3) is 2.76. The summed E-state index contributed by atoms with van der Waals surface area (Å²) >= 11 is 1.15. The Bertz CT molecular complexity index is 654. The maximum Gasteiger partial charge on any atom is 0.258 e. The number of carbonyl (C=O) groups is 2. The van der Waals surface area contributed by atoms with E-state index in [1.807, 2.05) is 0 Å². The van der Waals surface area contributed by atoms with Crippen LogP contribution in [-0.2, 0) is 0 Å². The SMILES string of the molecule is Cc1nscc1C(=O)Nc1ccc(C(N)=O)cc1F. The van der Waals surface area contributed by atoms with Crippen molar-refractivity contribution in [3.05, 3.63) is 46.2 Å². The van der Waals surface area contributed by atoms with Crippen LogP contribution in [0, 0.1) is 12.7 Å². The first kappa shape index (κ1) is 13.2. The molecule has 0 radical (unpaired) electrons. The monoisotopic (exact) mass is 279 g/mol. The Morgan fingerprint density at radius 2 is 2.16 bits per heavy atom. The first-order valence-corrected chi connectivity index (χ1v) is 6.14. The van der Waals surface area contributed by atoms with Crippen molar-refractivity contribution in [1.82, 2.24) is 4.37 Å². The Kier molecular flexibility index (Phi) is 3.57. The van der Waals surface area contributed by atoms with E-state index in [1.54, 1.807) is 12.3 Å². The van der Waals surface area contributed by atoms with Gasteiger partial charge in [0.2, 0.25) is 5.91 Å². The number of hydrogen-bond donors (Lipinski definition) is 2. The molecule has 0 aliphatic heterocycles. The lowest BCUT2D eigenvalue weighted by atomic mass is 10.1. The van der Waals surface area contributed by atoms with Crippen LogP contribution in [0.2, 0.25) is 0 Å². The number of halogens is 1. The van der Waals surface area contributed by atoms with Gasteiger partial charge >= 0.3 is 0 Å². The van der Waals surface area contributed by atoms with Crippen LogP contribution in [0.3, 0.4) is 0 Å². The molecule has 0 saturated heterocycles. The summed E-state index contributed by atoms with van der Waals surface area (Å²) in [6, 6.07) is 3.62. The molecule has 0 aliphatic rings. The van der Waals surface area contributed by atoms with E-state index in [4.69, 9.17) is 5.73 Å². The van der Waals surface area contributed by atoms with E-state index >= 15 is 0 Å². The Morgan fingerprint density at radius 3 is 2.68 bits per heavy atom. The Labute approximate surface area is 112 Å². The Balaban J connectivity index is 2.23. The van der Waals surface area contributed by atoms with Crippen LogP contribution in [0.25, 0.3) is 0 Å². The number of amides is 2. The fraction of sp³-hybridized carbons (Fsp3) is 0.0833. The van der Waals surface area contributed by atoms with E-state index in [0.717, 1.165) is 17.6 Å². The first-order chi connectivity index (χ1) is 8.99. The summed E-state index contributed by atoms with van der Waals surface area (Å²) in [5.41, 5.74) is 6.04. The summed E-state index contributed by atoms with van der Waals surface area (Å²) < 4.78 is 17.6. The number of anilines is 1. The van der Waals surface area contributed by atoms with Gasteiger partial charge in [-0.1, -0.05) is 0 Å². The van der Waals surface area contributed by atoms with Crippen molar-refractivity contribution in [2.45, 2.75) is 6.92 Å². The molecule has 2 rings (SSSR count). The number of aryl methyl sites for hydroxylation is 1. The van der Waals surface area contributed by atoms with E-state index in [9.17, 15) is 14.0 Å². The number of benzene rings is 1. The molecular formula is C12H10FN3O2S. The Hall–Kier alpha value is -2.28. The van der Waals surface area contributed by atoms with Crippen LogP contribution in [0.15, 0.2) is 23.6 Å². The third-order valence-electron chi connectivity index (χ3n) is 2.50. The maximum atomic E-state index is 13.7. The average molecular weight is 279 g/mol. The molecule has 0 spiro atoms. The van der Waals surface area contributed by atoms with E-state index in [2.05, 4.69) is 9.69 Å². The Morgan fingerprint density at radius 1 is 1.42 bits per heavy atom. The lowest BCUT2D eigenvalue weighted by molar-refractivity contribution is 0.0998. The average Bonchev–Trinajstić information content (AvgIpc) is 2.77. The smallest absolute Gasteiger partial charge is 0.258 e. The number of nitrogens with one attached hydrogen (secondary N) is 1. The quantitative estimate of drug-likeness (QED) is 0.900. The van der Waals surface area contributed by atoms with E-state index < -0.39 is 17.6 Å². The number of rotatable bonds is 3. The van der Waals surface area contributed by atoms with Crippen LogP contribution >= 0.6 is 11.5 Å². The molecule has 0 aliphatic carbocycles. The number of nitrogens with two attached hydrogens (primary N) is 1. The van der Waals surface area contributed by atoms with Crippen molar-refractivity contribution in [3.63, 3.8) is 0 Å². The molecule has 5 nitrogen and oxygen atoms in total. The molecule has 19 heavy (non-hydrogen) atoms. The topological polar surface area (TPSA) is 85.1 Å². The van der Waals surface area contributed by atoms with E-state index in [-0.39, 0.29) is 11.3 Å². The van der Waals surface area contributed by atoms with Crippen molar-refractivity contribution >= 4 is 29.0 Å². The van der Waals surface area contributed by atoms with Crippen molar-refractivity contribution in [2.75, 3.05) is 5.32 Å². The van der Waals surface area contributed by atoms with Gasteiger partial charge in [-0.05, 0) is 36.7 Å². The van der Waals surface area contributed by atoms with Gasteiger partial charge in [0.15, 0.2) is 0 Å². The maximum absolute atomic E-state index is 13.7. The molecule has 2 aromatic rings. The number of primary amides is 1. The van der Waals surface area contributed by atoms with Crippen LogP contribution in [0.4, 0.5) is 10.1 Å². The first-order valence-electron chi connectivity index (χ1n) is 5.30. The molecular weight excluding hydrogens is 269 g/mol. The molecule has 3 N–H and O–H groups in total. The lowest BCUT2D eigenvalue weighted by Gasteiger charge is -2.06. The molecule has 0 fully saturated rings. The molecule has 7 heteroatoms. The molecule has 98 valence electrons. The summed E-state index contributed by atoms with van der Waals surface area (Å²) in [4.78, 5) is 22.7. The van der Waals surface area contributed by atoms with Gasteiger partial charge in [0, 0.05) is 10.9 Å². The van der Waals surface area contributed by atoms with Gasteiger partial charge in [-0.15, -0.1) is 0 Å². The zero-order valence-corrected chi connectivity index (χ0v) is 10.8. The zero-order valence-electron chi connectivity index (χ0n) is 9.94. The second-order valence-electron chi connectivity index (χ2n) is 3.83. The fourth-order valence-corrected chi connectivity index (χ4v) is 2.16. The van der Waals surface area contributed by atoms with Crippen LogP contribution in [0.5, 0.6) is 0 Å². The van der Waals surface area contributed by atoms with Crippen LogP contribution in [0.1, 0.15) is 26.4 Å². The highest BCUT2D eigenvalue weighted by Gasteiger charge is 2.14. The zero-order chi connectivity index (χ0) is 14.0. The predicted octanol–water partition coefficient (Wildman–Crippen LogP) is 1.94. The standard InChI is InChI=1S/C12H10FN3O2S/c1-6-8(5-19-16-6)12(18)15-10-3-2-7(11(14)17)4-9(10)13/h2-5H,1H3,(H2,14,17)(H,15,18). The number of aromatic nitrogens is 1. The van der Waals surface area contributed by atoms with Gasteiger partial charge in [0.05, 0.1) is 16.9 Å². The minimum absolute atomic E-state index is 0.0133. The van der Waals surface area contributed by atoms with Gasteiger partial charge in [-0.3, -0.25) is 9.59 Å². The summed E-state index contributed by atoms with van der Waals surface area (Å²) in [5.74, 6) is -1.89. The van der Waals surface area contributed by atoms with Crippen molar-refractivity contribution in [1.29, 1.82) is 0 Å². The summed E-state index contributed by atoms with van der Waals surface area (Å²) in [6.45, 7) is 1.69. The van der Waals surface area contributed by atoms with E-state index in [0.29, 0.717) is 11.3 Å². The molecule has 0 unspecified atom stereocenters. The van der Waals surface area contributed by atoms with Crippen LogP contribution < -0.4 is 11.1 Å². The van der Waals surface area contributed by atoms with Crippen molar-refractivity contribution in [2.24, 2.45) is 5.73 Å². The highest BCUT2D eigenvalue weighted by Crippen LogP contribution is 2.18.